The van der Waals surface area contributed by atoms with Crippen molar-refractivity contribution in [1.29, 1.82) is 0 Å². The Bertz CT molecular complexity index is 291. The van der Waals surface area contributed by atoms with E-state index in [4.69, 9.17) is 10.2 Å². The van der Waals surface area contributed by atoms with E-state index in [9.17, 15) is 20.1 Å². The molecule has 0 radical (unpaired) electrons. The Morgan fingerprint density at radius 1 is 1.05 bits per heavy atom. The van der Waals surface area contributed by atoms with E-state index >= 15 is 0 Å². The Labute approximate surface area is 119 Å². The lowest BCUT2D eigenvalue weighted by molar-refractivity contribution is -0.126. The molecule has 0 rings (SSSR count). The fraction of sp³-hybridized carbons (Fsp3) is 0.923. The van der Waals surface area contributed by atoms with Crippen LogP contribution < -0.4 is 5.32 Å². The summed E-state index contributed by atoms with van der Waals surface area (Å²) in [5, 5.41) is 48.7. The Balaban J connectivity index is 4.09. The van der Waals surface area contributed by atoms with Gasteiger partial charge in [-0.1, -0.05) is 20.8 Å². The molecule has 4 atom stereocenters. The summed E-state index contributed by atoms with van der Waals surface area (Å²) < 4.78 is 0. The van der Waals surface area contributed by atoms with Gasteiger partial charge in [0.25, 0.3) is 0 Å². The van der Waals surface area contributed by atoms with Crippen LogP contribution in [0.25, 0.3) is 0 Å². The average Bonchev–Trinajstić information content (AvgIpc) is 2.38. The normalized spacial score (nSPS) is 18.2. The highest BCUT2D eigenvalue weighted by atomic mass is 16.4. The number of hydrogen-bond donors (Lipinski definition) is 6. The summed E-state index contributed by atoms with van der Waals surface area (Å²) in [6.07, 6.45) is -5.32. The van der Waals surface area contributed by atoms with Gasteiger partial charge in [0.1, 0.15) is 18.3 Å². The smallest absolute Gasteiger partial charge is 0.220 e. The molecule has 0 heterocycles. The molecule has 0 aromatic carbocycles. The molecule has 7 nitrogen and oxygen atoms in total. The summed E-state index contributed by atoms with van der Waals surface area (Å²) in [5.41, 5.74) is 0.0247. The van der Waals surface area contributed by atoms with Crippen LogP contribution in [0.2, 0.25) is 0 Å². The Hall–Kier alpha value is -0.730. The lowest BCUT2D eigenvalue weighted by Gasteiger charge is -2.25. The van der Waals surface area contributed by atoms with Crippen molar-refractivity contribution < 1.29 is 30.3 Å². The zero-order chi connectivity index (χ0) is 15.9. The van der Waals surface area contributed by atoms with Crippen molar-refractivity contribution in [3.63, 3.8) is 0 Å². The van der Waals surface area contributed by atoms with Crippen LogP contribution in [-0.4, -0.2) is 69.0 Å². The first-order valence-corrected chi connectivity index (χ1v) is 6.68. The van der Waals surface area contributed by atoms with Crippen molar-refractivity contribution in [3.05, 3.63) is 0 Å². The Morgan fingerprint density at radius 3 is 2.00 bits per heavy atom. The van der Waals surface area contributed by atoms with Crippen LogP contribution in [0.4, 0.5) is 0 Å². The number of rotatable bonds is 8. The van der Waals surface area contributed by atoms with E-state index in [1.54, 1.807) is 0 Å². The first kappa shape index (κ1) is 19.3. The molecular formula is C13H27NO6. The summed E-state index contributed by atoms with van der Waals surface area (Å²) >= 11 is 0. The molecular weight excluding hydrogens is 266 g/mol. The van der Waals surface area contributed by atoms with E-state index in [2.05, 4.69) is 5.32 Å². The van der Waals surface area contributed by atoms with Gasteiger partial charge in [-0.2, -0.15) is 0 Å². The van der Waals surface area contributed by atoms with Crippen LogP contribution in [0, 0.1) is 5.41 Å². The zero-order valence-corrected chi connectivity index (χ0v) is 12.3. The van der Waals surface area contributed by atoms with Crippen molar-refractivity contribution in [1.82, 2.24) is 5.32 Å². The second-order valence-corrected chi connectivity index (χ2v) is 6.16. The maximum absolute atomic E-state index is 11.5. The van der Waals surface area contributed by atoms with E-state index in [0.717, 1.165) is 0 Å². The van der Waals surface area contributed by atoms with Gasteiger partial charge >= 0.3 is 0 Å². The Kier molecular flexibility index (Phi) is 8.22. The first-order valence-electron chi connectivity index (χ1n) is 6.68. The van der Waals surface area contributed by atoms with Crippen LogP contribution in [-0.2, 0) is 4.79 Å². The summed E-state index contributed by atoms with van der Waals surface area (Å²) in [4.78, 5) is 11.5. The number of aliphatic hydroxyl groups excluding tert-OH is 5. The molecule has 0 aliphatic carbocycles. The Morgan fingerprint density at radius 2 is 1.55 bits per heavy atom. The summed E-state index contributed by atoms with van der Waals surface area (Å²) in [5.74, 6) is -0.261. The van der Waals surface area contributed by atoms with Gasteiger partial charge in [-0.15, -0.1) is 0 Å². The van der Waals surface area contributed by atoms with Gasteiger partial charge in [-0.25, -0.2) is 0 Å². The number of aliphatic hydroxyl groups is 5. The standard InChI is InChI=1S/C13H27NO6/c1-13(2,3)5-4-10(18)14-6-8(16)11(19)12(20)9(17)7-15/h8-9,11-12,15-17,19-20H,4-7H2,1-3H3,(H,14,18). The van der Waals surface area contributed by atoms with E-state index in [0.29, 0.717) is 12.8 Å². The van der Waals surface area contributed by atoms with Gasteiger partial charge in [0.2, 0.25) is 5.91 Å². The van der Waals surface area contributed by atoms with Gasteiger partial charge < -0.3 is 30.8 Å². The van der Waals surface area contributed by atoms with E-state index in [1.807, 2.05) is 20.8 Å². The van der Waals surface area contributed by atoms with Gasteiger partial charge in [0.05, 0.1) is 12.7 Å². The molecule has 20 heavy (non-hydrogen) atoms. The minimum absolute atomic E-state index is 0.0247. The van der Waals surface area contributed by atoms with E-state index in [-0.39, 0.29) is 17.9 Å². The molecule has 0 aliphatic heterocycles. The molecule has 0 saturated carbocycles. The number of hydrogen-bond acceptors (Lipinski definition) is 6. The van der Waals surface area contributed by atoms with Crippen LogP contribution in [0.3, 0.4) is 0 Å². The molecule has 0 spiro atoms. The first-order chi connectivity index (χ1) is 9.08. The minimum Gasteiger partial charge on any atom is -0.394 e. The highest BCUT2D eigenvalue weighted by Gasteiger charge is 2.30. The van der Waals surface area contributed by atoms with Crippen molar-refractivity contribution in [2.45, 2.75) is 58.0 Å². The quantitative estimate of drug-likeness (QED) is 0.318. The lowest BCUT2D eigenvalue weighted by atomic mass is 9.90. The molecule has 7 heteroatoms. The van der Waals surface area contributed by atoms with Crippen LogP contribution in [0.15, 0.2) is 0 Å². The summed E-state index contributed by atoms with van der Waals surface area (Å²) in [7, 11) is 0. The predicted molar refractivity (Wildman–Crippen MR) is 72.8 cm³/mol. The van der Waals surface area contributed by atoms with Gasteiger partial charge in [0.15, 0.2) is 0 Å². The lowest BCUT2D eigenvalue weighted by Crippen LogP contribution is -2.49. The molecule has 0 fully saturated rings. The molecule has 0 bridgehead atoms. The molecule has 1 amide bonds. The SMILES string of the molecule is CC(C)(C)CCC(=O)NCC(O)C(O)C(O)C(O)CO. The van der Waals surface area contributed by atoms with Gasteiger partial charge in [-0.3, -0.25) is 4.79 Å². The number of carbonyl (C=O) groups excluding carboxylic acids is 1. The average molecular weight is 293 g/mol. The third-order valence-corrected chi connectivity index (χ3v) is 2.94. The maximum atomic E-state index is 11.5. The summed E-state index contributed by atoms with van der Waals surface area (Å²) in [6.45, 7) is 5.05. The summed E-state index contributed by atoms with van der Waals surface area (Å²) in [6, 6.07) is 0. The molecule has 120 valence electrons. The second-order valence-electron chi connectivity index (χ2n) is 6.16. The van der Waals surface area contributed by atoms with Crippen molar-refractivity contribution >= 4 is 5.91 Å². The largest absolute Gasteiger partial charge is 0.394 e. The number of nitrogens with one attached hydrogen (secondary N) is 1. The highest BCUT2D eigenvalue weighted by molar-refractivity contribution is 5.75. The van der Waals surface area contributed by atoms with Gasteiger partial charge in [-0.05, 0) is 11.8 Å². The van der Waals surface area contributed by atoms with Crippen molar-refractivity contribution in [2.75, 3.05) is 13.2 Å². The molecule has 0 saturated heterocycles. The molecule has 4 unspecified atom stereocenters. The molecule has 0 aromatic heterocycles. The van der Waals surface area contributed by atoms with E-state index < -0.39 is 31.0 Å². The van der Waals surface area contributed by atoms with Gasteiger partial charge in [0, 0.05) is 13.0 Å². The molecule has 0 aromatic rings. The van der Waals surface area contributed by atoms with Crippen LogP contribution in [0.5, 0.6) is 0 Å². The molecule has 0 aliphatic rings. The fourth-order valence-electron chi connectivity index (χ4n) is 1.48. The van der Waals surface area contributed by atoms with Crippen LogP contribution >= 0.6 is 0 Å². The third kappa shape index (κ3) is 7.76. The maximum Gasteiger partial charge on any atom is 0.220 e. The number of carbonyl (C=O) groups is 1. The fourth-order valence-corrected chi connectivity index (χ4v) is 1.48. The van der Waals surface area contributed by atoms with Crippen molar-refractivity contribution in [2.24, 2.45) is 5.41 Å². The zero-order valence-electron chi connectivity index (χ0n) is 12.3. The number of amides is 1. The third-order valence-electron chi connectivity index (χ3n) is 2.94. The highest BCUT2D eigenvalue weighted by Crippen LogP contribution is 2.20. The molecule has 6 N–H and O–H groups in total. The van der Waals surface area contributed by atoms with Crippen molar-refractivity contribution in [3.8, 4) is 0 Å². The predicted octanol–water partition coefficient (Wildman–Crippen LogP) is -1.64. The minimum atomic E-state index is -1.68. The van der Waals surface area contributed by atoms with Crippen LogP contribution in [0.1, 0.15) is 33.6 Å². The van der Waals surface area contributed by atoms with E-state index in [1.165, 1.54) is 0 Å². The monoisotopic (exact) mass is 293 g/mol. The topological polar surface area (TPSA) is 130 Å². The second kappa shape index (κ2) is 8.53.